The Morgan fingerprint density at radius 1 is 1.05 bits per heavy atom. The Morgan fingerprint density at radius 2 is 1.71 bits per heavy atom. The van der Waals surface area contributed by atoms with Gasteiger partial charge in [-0.1, -0.05) is 35.0 Å². The monoisotopic (exact) mass is 598 g/mol. The van der Waals surface area contributed by atoms with Crippen molar-refractivity contribution in [2.24, 2.45) is 0 Å². The molecular weight excluding hydrogens is 572 g/mol. The van der Waals surface area contributed by atoms with E-state index in [9.17, 15) is 21.6 Å². The fourth-order valence-corrected chi connectivity index (χ4v) is 7.46. The normalized spacial score (nSPS) is 12.3. The van der Waals surface area contributed by atoms with Gasteiger partial charge in [-0.15, -0.1) is 11.3 Å². The molecule has 10 nitrogen and oxygen atoms in total. The number of aryl methyl sites for hydroxylation is 3. The Bertz CT molecular complexity index is 1610. The van der Waals surface area contributed by atoms with Crippen LogP contribution in [0, 0.1) is 20.8 Å². The van der Waals surface area contributed by atoms with Crippen molar-refractivity contribution in [2.75, 3.05) is 29.2 Å². The third-order valence-electron chi connectivity index (χ3n) is 5.23. The van der Waals surface area contributed by atoms with Gasteiger partial charge in [0.05, 0.1) is 27.0 Å². The number of rotatable bonds is 11. The van der Waals surface area contributed by atoms with Gasteiger partial charge in [0.15, 0.2) is 19.7 Å². The third-order valence-corrected chi connectivity index (χ3v) is 9.98. The molecule has 0 aliphatic rings. The predicted molar refractivity (Wildman–Crippen MR) is 150 cm³/mol. The lowest BCUT2D eigenvalue weighted by Crippen LogP contribution is -2.19. The van der Waals surface area contributed by atoms with Crippen molar-refractivity contribution in [3.63, 3.8) is 0 Å². The van der Waals surface area contributed by atoms with Crippen molar-refractivity contribution in [3.8, 4) is 0 Å². The molecule has 2 heterocycles. The second kappa shape index (κ2) is 12.2. The number of amides is 1. The second-order valence-corrected chi connectivity index (χ2v) is 13.5. The minimum Gasteiger partial charge on any atom is -0.394 e. The lowest BCUT2D eigenvalue weighted by Gasteiger charge is -2.15. The summed E-state index contributed by atoms with van der Waals surface area (Å²) >= 11 is 6.96. The standard InChI is InChI=1S/C24H27ClN4O6S3/c1-15-13-16(2)21(19(14-15)38(33,34)11-5-8-26-4)28-23(30)22-18(7-10-36-22)37(31,32)12-6-9-27-24-20(25)17(3)29-35-24/h5-10,13-14,26-27H,11-12H2,1-4H3,(H,28,30). The lowest BCUT2D eigenvalue weighted by atomic mass is 10.1. The highest BCUT2D eigenvalue weighted by molar-refractivity contribution is 7.92. The average Bonchev–Trinajstić information content (AvgIpc) is 3.46. The Balaban J connectivity index is 1.84. The van der Waals surface area contributed by atoms with E-state index in [2.05, 4.69) is 21.1 Å². The van der Waals surface area contributed by atoms with Crippen molar-refractivity contribution in [1.82, 2.24) is 10.5 Å². The van der Waals surface area contributed by atoms with E-state index in [0.29, 0.717) is 16.8 Å². The number of carbonyl (C=O) groups is 1. The zero-order valence-corrected chi connectivity index (χ0v) is 24.2. The molecule has 1 aromatic carbocycles. The summed E-state index contributed by atoms with van der Waals surface area (Å²) in [6.45, 7) is 5.09. The van der Waals surface area contributed by atoms with Crippen LogP contribution in [0.5, 0.6) is 0 Å². The topological polar surface area (TPSA) is 147 Å². The Hall–Kier alpha value is -3.13. The van der Waals surface area contributed by atoms with Gasteiger partial charge < -0.3 is 20.5 Å². The Labute approximate surface area is 230 Å². The number of aromatic nitrogens is 1. The van der Waals surface area contributed by atoms with E-state index >= 15 is 0 Å². The SMILES string of the molecule is CNC=CCS(=O)(=O)c1cc(C)cc(C)c1NC(=O)c1sccc1S(=O)(=O)CC=CNc1onc(C)c1Cl. The van der Waals surface area contributed by atoms with E-state index in [4.69, 9.17) is 16.1 Å². The molecule has 0 fully saturated rings. The molecule has 3 N–H and O–H groups in total. The summed E-state index contributed by atoms with van der Waals surface area (Å²) in [5.74, 6) is -1.24. The van der Waals surface area contributed by atoms with Crippen LogP contribution in [0.2, 0.25) is 5.02 Å². The molecule has 2 aromatic heterocycles. The lowest BCUT2D eigenvalue weighted by molar-refractivity contribution is 0.102. The maximum atomic E-state index is 13.2. The van der Waals surface area contributed by atoms with Crippen LogP contribution in [0.4, 0.5) is 11.6 Å². The molecule has 3 aromatic rings. The molecule has 0 unspecified atom stereocenters. The predicted octanol–water partition coefficient (Wildman–Crippen LogP) is 4.47. The number of nitrogens with one attached hydrogen (secondary N) is 3. The Kier molecular flexibility index (Phi) is 9.41. The minimum atomic E-state index is -3.91. The number of sulfone groups is 2. The molecule has 0 saturated carbocycles. The number of hydrogen-bond acceptors (Lipinski definition) is 10. The van der Waals surface area contributed by atoms with Gasteiger partial charge in [0.25, 0.3) is 5.91 Å². The first-order valence-corrected chi connectivity index (χ1v) is 15.7. The highest BCUT2D eigenvalue weighted by atomic mass is 35.5. The largest absolute Gasteiger partial charge is 0.394 e. The summed E-state index contributed by atoms with van der Waals surface area (Å²) < 4.78 is 57.1. The van der Waals surface area contributed by atoms with E-state index in [1.807, 2.05) is 0 Å². The van der Waals surface area contributed by atoms with Crippen molar-refractivity contribution < 1.29 is 26.2 Å². The summed E-state index contributed by atoms with van der Waals surface area (Å²) in [4.78, 5) is 13.0. The van der Waals surface area contributed by atoms with Gasteiger partial charge in [0.1, 0.15) is 15.6 Å². The third kappa shape index (κ3) is 6.84. The van der Waals surface area contributed by atoms with Gasteiger partial charge in [0, 0.05) is 13.2 Å². The molecule has 0 spiro atoms. The van der Waals surface area contributed by atoms with Crippen LogP contribution >= 0.6 is 22.9 Å². The van der Waals surface area contributed by atoms with Gasteiger partial charge in [-0.05, 0) is 55.6 Å². The smallest absolute Gasteiger partial charge is 0.267 e. The number of nitrogens with zero attached hydrogens (tertiary/aromatic N) is 1. The molecule has 0 bridgehead atoms. The van der Waals surface area contributed by atoms with Crippen molar-refractivity contribution >= 4 is 60.1 Å². The number of anilines is 2. The van der Waals surface area contributed by atoms with Crippen molar-refractivity contribution in [3.05, 3.63) is 74.9 Å². The zero-order valence-electron chi connectivity index (χ0n) is 21.0. The summed E-state index contributed by atoms with van der Waals surface area (Å²) in [5.41, 5.74) is 1.83. The quantitative estimate of drug-likeness (QED) is 0.291. The summed E-state index contributed by atoms with van der Waals surface area (Å²) in [6.07, 6.45) is 5.66. The molecule has 14 heteroatoms. The summed E-state index contributed by atoms with van der Waals surface area (Å²) in [6, 6.07) is 4.57. The second-order valence-electron chi connectivity index (χ2n) is 8.23. The van der Waals surface area contributed by atoms with Gasteiger partial charge in [-0.25, -0.2) is 16.8 Å². The molecule has 0 radical (unpaired) electrons. The molecule has 204 valence electrons. The van der Waals surface area contributed by atoms with Crippen molar-refractivity contribution in [1.29, 1.82) is 0 Å². The first-order valence-electron chi connectivity index (χ1n) is 11.2. The molecule has 0 atom stereocenters. The molecular formula is C24H27ClN4O6S3. The van der Waals surface area contributed by atoms with E-state index in [0.717, 1.165) is 11.3 Å². The van der Waals surface area contributed by atoms with Gasteiger partial charge in [-0.2, -0.15) is 0 Å². The molecule has 0 saturated heterocycles. The van der Waals surface area contributed by atoms with Gasteiger partial charge in [0.2, 0.25) is 5.88 Å². The number of carbonyl (C=O) groups excluding carboxylic acids is 1. The molecule has 3 rings (SSSR count). The fraction of sp³-hybridized carbons (Fsp3) is 0.250. The van der Waals surface area contributed by atoms with Crippen LogP contribution in [0.3, 0.4) is 0 Å². The average molecular weight is 599 g/mol. The molecule has 38 heavy (non-hydrogen) atoms. The summed E-state index contributed by atoms with van der Waals surface area (Å²) in [5, 5.41) is 13.6. The van der Waals surface area contributed by atoms with Gasteiger partial charge >= 0.3 is 0 Å². The number of halogens is 1. The van der Waals surface area contributed by atoms with Gasteiger partial charge in [-0.3, -0.25) is 4.79 Å². The number of thiophene rings is 1. The van der Waals surface area contributed by atoms with E-state index < -0.39 is 31.3 Å². The maximum Gasteiger partial charge on any atom is 0.267 e. The maximum absolute atomic E-state index is 13.2. The van der Waals surface area contributed by atoms with E-state index in [-0.39, 0.29) is 37.0 Å². The molecule has 0 aliphatic carbocycles. The van der Waals surface area contributed by atoms with Crippen LogP contribution in [0.25, 0.3) is 0 Å². The number of benzene rings is 1. The first-order chi connectivity index (χ1) is 17.9. The highest BCUT2D eigenvalue weighted by Crippen LogP contribution is 2.31. The molecule has 0 aliphatic heterocycles. The van der Waals surface area contributed by atoms with Crippen LogP contribution in [0.1, 0.15) is 26.5 Å². The van der Waals surface area contributed by atoms with Crippen LogP contribution in [0.15, 0.2) is 62.4 Å². The van der Waals surface area contributed by atoms with E-state index in [1.165, 1.54) is 42.1 Å². The molecule has 1 amide bonds. The minimum absolute atomic E-state index is 0.0413. The number of hydrogen-bond donors (Lipinski definition) is 3. The van der Waals surface area contributed by atoms with Crippen LogP contribution in [-0.4, -0.2) is 46.5 Å². The highest BCUT2D eigenvalue weighted by Gasteiger charge is 2.26. The Morgan fingerprint density at radius 3 is 2.34 bits per heavy atom. The summed E-state index contributed by atoms with van der Waals surface area (Å²) in [7, 11) is -6.05. The first kappa shape index (κ1) is 29.4. The fourth-order valence-electron chi connectivity index (χ4n) is 3.44. The van der Waals surface area contributed by atoms with E-state index in [1.54, 1.807) is 33.9 Å². The van der Waals surface area contributed by atoms with Crippen LogP contribution < -0.4 is 16.0 Å². The zero-order chi connectivity index (χ0) is 28.1. The van der Waals surface area contributed by atoms with Crippen molar-refractivity contribution in [2.45, 2.75) is 30.6 Å². The van der Waals surface area contributed by atoms with Crippen LogP contribution in [-0.2, 0) is 19.7 Å².